The lowest BCUT2D eigenvalue weighted by Crippen LogP contribution is -2.15. The number of hydrogen-bond acceptors (Lipinski definition) is 3. The number of nitrogens with zero attached hydrogens (tertiary/aromatic N) is 2. The number of alkyl halides is 3. The third-order valence-electron chi connectivity index (χ3n) is 1.77. The maximum Gasteiger partial charge on any atom is 0.396 e. The molecule has 3 nitrogen and oxygen atoms in total. The van der Waals surface area contributed by atoms with Gasteiger partial charge in [0.25, 0.3) is 0 Å². The Bertz CT molecular complexity index is 387. The number of aromatic nitrogens is 2. The van der Waals surface area contributed by atoms with Crippen molar-refractivity contribution in [3.63, 3.8) is 0 Å². The van der Waals surface area contributed by atoms with Gasteiger partial charge in [-0.05, 0) is 13.8 Å². The Labute approximate surface area is 84.4 Å². The highest BCUT2D eigenvalue weighted by atomic mass is 19.4. The van der Waals surface area contributed by atoms with Gasteiger partial charge in [-0.25, -0.2) is 9.97 Å². The minimum atomic E-state index is -4.33. The van der Waals surface area contributed by atoms with Crippen molar-refractivity contribution in [2.24, 2.45) is 0 Å². The van der Waals surface area contributed by atoms with E-state index in [0.29, 0.717) is 0 Å². The van der Waals surface area contributed by atoms with E-state index < -0.39 is 12.6 Å². The second-order valence-corrected chi connectivity index (χ2v) is 3.13. The molecule has 0 saturated heterocycles. The second-order valence-electron chi connectivity index (χ2n) is 3.13. The van der Waals surface area contributed by atoms with Gasteiger partial charge in [-0.1, -0.05) is 0 Å². The first-order valence-corrected chi connectivity index (χ1v) is 4.20. The van der Waals surface area contributed by atoms with Crippen LogP contribution in [0.15, 0.2) is 6.20 Å². The summed E-state index contributed by atoms with van der Waals surface area (Å²) in [6.07, 6.45) is -4.37. The standard InChI is InChI=1S/C9H9F3N2O/c1-5-7(6(2)15)4-13-8(14-5)3-9(10,11)12/h4H,3H2,1-2H3. The summed E-state index contributed by atoms with van der Waals surface area (Å²) < 4.78 is 36.0. The van der Waals surface area contributed by atoms with Crippen LogP contribution < -0.4 is 0 Å². The van der Waals surface area contributed by atoms with Gasteiger partial charge >= 0.3 is 6.18 Å². The summed E-state index contributed by atoms with van der Waals surface area (Å²) in [6, 6.07) is 0. The monoisotopic (exact) mass is 218 g/mol. The predicted molar refractivity (Wildman–Crippen MR) is 46.5 cm³/mol. The lowest BCUT2D eigenvalue weighted by atomic mass is 10.2. The number of carbonyl (C=O) groups is 1. The topological polar surface area (TPSA) is 42.9 Å². The SMILES string of the molecule is CC(=O)c1cnc(CC(F)(F)F)nc1C. The Morgan fingerprint density at radius 1 is 1.47 bits per heavy atom. The highest BCUT2D eigenvalue weighted by Gasteiger charge is 2.29. The van der Waals surface area contributed by atoms with Gasteiger partial charge in [0.05, 0.1) is 11.3 Å². The number of hydrogen-bond donors (Lipinski definition) is 0. The number of rotatable bonds is 2. The van der Waals surface area contributed by atoms with Crippen LogP contribution in [0.1, 0.15) is 28.8 Å². The predicted octanol–water partition coefficient (Wildman–Crippen LogP) is 2.09. The number of carbonyl (C=O) groups excluding carboxylic acids is 1. The maximum absolute atomic E-state index is 12.0. The molecular weight excluding hydrogens is 209 g/mol. The van der Waals surface area contributed by atoms with Gasteiger partial charge in [-0.3, -0.25) is 4.79 Å². The zero-order valence-electron chi connectivity index (χ0n) is 8.22. The Kier molecular flexibility index (Phi) is 3.06. The first-order valence-electron chi connectivity index (χ1n) is 4.20. The van der Waals surface area contributed by atoms with Crippen LogP contribution in [-0.4, -0.2) is 21.9 Å². The molecule has 0 fully saturated rings. The number of ketones is 1. The molecule has 0 N–H and O–H groups in total. The molecule has 0 aliphatic heterocycles. The molecule has 1 rings (SSSR count). The molecule has 0 radical (unpaired) electrons. The van der Waals surface area contributed by atoms with E-state index >= 15 is 0 Å². The fourth-order valence-electron chi connectivity index (χ4n) is 1.13. The molecule has 0 atom stereocenters. The molecule has 0 aromatic carbocycles. The van der Waals surface area contributed by atoms with Crippen molar-refractivity contribution < 1.29 is 18.0 Å². The van der Waals surface area contributed by atoms with Crippen LogP contribution in [0, 0.1) is 6.92 Å². The minimum absolute atomic E-state index is 0.251. The quantitative estimate of drug-likeness (QED) is 0.714. The molecule has 0 aliphatic rings. The zero-order valence-corrected chi connectivity index (χ0v) is 8.22. The van der Waals surface area contributed by atoms with Crippen LogP contribution in [-0.2, 0) is 6.42 Å². The van der Waals surface area contributed by atoms with Gasteiger partial charge in [-0.2, -0.15) is 13.2 Å². The van der Waals surface area contributed by atoms with Crippen LogP contribution in [0.2, 0.25) is 0 Å². The normalized spacial score (nSPS) is 11.5. The summed E-state index contributed by atoms with van der Waals surface area (Å²) in [5.41, 5.74) is 0.526. The summed E-state index contributed by atoms with van der Waals surface area (Å²) in [6.45, 7) is 2.80. The maximum atomic E-state index is 12.0. The average Bonchev–Trinajstić information content (AvgIpc) is 1.99. The molecule has 1 heterocycles. The lowest BCUT2D eigenvalue weighted by molar-refractivity contribution is -0.128. The van der Waals surface area contributed by atoms with Crippen LogP contribution in [0.25, 0.3) is 0 Å². The fourth-order valence-corrected chi connectivity index (χ4v) is 1.13. The van der Waals surface area contributed by atoms with E-state index in [1.165, 1.54) is 13.8 Å². The van der Waals surface area contributed by atoms with Gasteiger partial charge in [0, 0.05) is 6.20 Å². The van der Waals surface area contributed by atoms with Gasteiger partial charge in [-0.15, -0.1) is 0 Å². The molecule has 0 saturated carbocycles. The molecule has 1 aromatic rings. The van der Waals surface area contributed by atoms with Crippen LogP contribution >= 0.6 is 0 Å². The largest absolute Gasteiger partial charge is 0.396 e. The summed E-state index contributed by atoms with van der Waals surface area (Å²) in [4.78, 5) is 18.1. The molecule has 0 bridgehead atoms. The van der Waals surface area contributed by atoms with Gasteiger partial charge in [0.2, 0.25) is 0 Å². The van der Waals surface area contributed by atoms with E-state index in [1.807, 2.05) is 0 Å². The first kappa shape index (κ1) is 11.6. The van der Waals surface area contributed by atoms with E-state index in [1.54, 1.807) is 0 Å². The third kappa shape index (κ3) is 3.30. The summed E-state index contributed by atoms with van der Waals surface area (Å²) in [5, 5.41) is 0. The van der Waals surface area contributed by atoms with Crippen LogP contribution in [0.4, 0.5) is 13.2 Å². The zero-order chi connectivity index (χ0) is 11.6. The Balaban J connectivity index is 2.97. The first-order chi connectivity index (χ1) is 6.79. The minimum Gasteiger partial charge on any atom is -0.294 e. The Hall–Kier alpha value is -1.46. The third-order valence-corrected chi connectivity index (χ3v) is 1.77. The van der Waals surface area contributed by atoms with Crippen molar-refractivity contribution in [1.82, 2.24) is 9.97 Å². The molecular formula is C9H9F3N2O. The number of aryl methyl sites for hydroxylation is 1. The van der Waals surface area contributed by atoms with Crippen molar-refractivity contribution in [3.05, 3.63) is 23.3 Å². The number of Topliss-reactive ketones (excluding diaryl/α,β-unsaturated/α-hetero) is 1. The molecule has 0 unspecified atom stereocenters. The van der Waals surface area contributed by atoms with Crippen molar-refractivity contribution in [2.45, 2.75) is 26.4 Å². The summed E-state index contributed by atoms with van der Waals surface area (Å²) in [5.74, 6) is -0.573. The highest BCUT2D eigenvalue weighted by Crippen LogP contribution is 2.19. The highest BCUT2D eigenvalue weighted by molar-refractivity contribution is 5.94. The van der Waals surface area contributed by atoms with E-state index in [9.17, 15) is 18.0 Å². The molecule has 6 heteroatoms. The van der Waals surface area contributed by atoms with E-state index in [-0.39, 0.29) is 22.9 Å². The molecule has 15 heavy (non-hydrogen) atoms. The van der Waals surface area contributed by atoms with Crippen molar-refractivity contribution in [1.29, 1.82) is 0 Å². The van der Waals surface area contributed by atoms with Crippen LogP contribution in [0.5, 0.6) is 0 Å². The number of halogens is 3. The second kappa shape index (κ2) is 3.96. The van der Waals surface area contributed by atoms with Crippen molar-refractivity contribution in [2.75, 3.05) is 0 Å². The van der Waals surface area contributed by atoms with Crippen LogP contribution in [0.3, 0.4) is 0 Å². The molecule has 0 spiro atoms. The van der Waals surface area contributed by atoms with E-state index in [0.717, 1.165) is 6.20 Å². The van der Waals surface area contributed by atoms with Gasteiger partial charge < -0.3 is 0 Å². The average molecular weight is 218 g/mol. The van der Waals surface area contributed by atoms with Gasteiger partial charge in [0.15, 0.2) is 5.78 Å². The molecule has 1 aromatic heterocycles. The summed E-state index contributed by atoms with van der Waals surface area (Å²) in [7, 11) is 0. The smallest absolute Gasteiger partial charge is 0.294 e. The molecule has 82 valence electrons. The van der Waals surface area contributed by atoms with E-state index in [2.05, 4.69) is 9.97 Å². The Morgan fingerprint density at radius 3 is 2.47 bits per heavy atom. The summed E-state index contributed by atoms with van der Waals surface area (Å²) >= 11 is 0. The fraction of sp³-hybridized carbons (Fsp3) is 0.444. The van der Waals surface area contributed by atoms with Crippen molar-refractivity contribution in [3.8, 4) is 0 Å². The van der Waals surface area contributed by atoms with Gasteiger partial charge in [0.1, 0.15) is 12.2 Å². The lowest BCUT2D eigenvalue weighted by Gasteiger charge is -2.06. The van der Waals surface area contributed by atoms with Crippen molar-refractivity contribution >= 4 is 5.78 Å². The molecule has 0 aliphatic carbocycles. The Morgan fingerprint density at radius 2 is 2.07 bits per heavy atom. The van der Waals surface area contributed by atoms with E-state index in [4.69, 9.17) is 0 Å². The molecule has 0 amide bonds.